The van der Waals surface area contributed by atoms with Crippen LogP contribution in [0.5, 0.6) is 0 Å². The van der Waals surface area contributed by atoms with Gasteiger partial charge in [0.15, 0.2) is 6.33 Å². The van der Waals surface area contributed by atoms with E-state index in [0.717, 1.165) is 11.9 Å². The fourth-order valence-electron chi connectivity index (χ4n) is 2.49. The normalized spacial score (nSPS) is 10.9. The zero-order valence-electron chi connectivity index (χ0n) is 16.2. The number of benzene rings is 1. The van der Waals surface area contributed by atoms with Crippen molar-refractivity contribution in [2.24, 2.45) is 0 Å². The van der Waals surface area contributed by atoms with Crippen LogP contribution in [0.2, 0.25) is 0 Å². The molecule has 0 atom stereocenters. The number of nitrogens with one attached hydrogen (secondary N) is 1. The molecule has 0 aliphatic rings. The van der Waals surface area contributed by atoms with Crippen molar-refractivity contribution in [3.05, 3.63) is 58.0 Å². The van der Waals surface area contributed by atoms with E-state index in [1.807, 2.05) is 0 Å². The molecule has 0 saturated carbocycles. The van der Waals surface area contributed by atoms with Crippen LogP contribution in [0.3, 0.4) is 0 Å². The number of alkyl halides is 1. The van der Waals surface area contributed by atoms with Crippen LogP contribution in [0, 0.1) is 10.1 Å². The van der Waals surface area contributed by atoms with Crippen LogP contribution in [0.15, 0.2) is 36.7 Å². The first kappa shape index (κ1) is 23.0. The highest BCUT2D eigenvalue weighted by Gasteiger charge is 2.49. The standard InChI is InChI=1S/C18H19BrN4O7/c1-3-29-16(25)18(19,17(26)30-4-2)21-14(24)13-15(23(27)28)22(11-20-13)10-12-8-6-5-7-9-12/h5-9,11H,3-4,10H2,1-2H3,(H,21,24). The maximum absolute atomic E-state index is 12.7. The Balaban J connectivity index is 2.37. The molecule has 0 fully saturated rings. The Labute approximate surface area is 179 Å². The summed E-state index contributed by atoms with van der Waals surface area (Å²) >= 11 is 2.85. The van der Waals surface area contributed by atoms with Gasteiger partial charge in [0.1, 0.15) is 6.54 Å². The van der Waals surface area contributed by atoms with Gasteiger partial charge in [0, 0.05) is 0 Å². The molecule has 1 heterocycles. The number of nitrogens with zero attached hydrogens (tertiary/aromatic N) is 3. The van der Waals surface area contributed by atoms with Crippen molar-refractivity contribution < 1.29 is 28.8 Å². The lowest BCUT2D eigenvalue weighted by atomic mass is 10.2. The summed E-state index contributed by atoms with van der Waals surface area (Å²) in [5.74, 6) is -4.00. The second kappa shape index (κ2) is 9.96. The highest BCUT2D eigenvalue weighted by Crippen LogP contribution is 2.23. The molecule has 0 bridgehead atoms. The number of rotatable bonds is 9. The van der Waals surface area contributed by atoms with Crippen molar-refractivity contribution in [1.29, 1.82) is 0 Å². The molecule has 0 unspecified atom stereocenters. The van der Waals surface area contributed by atoms with Gasteiger partial charge >= 0.3 is 17.8 Å². The van der Waals surface area contributed by atoms with Crippen LogP contribution < -0.4 is 5.32 Å². The number of aromatic nitrogens is 2. The molecule has 0 spiro atoms. The van der Waals surface area contributed by atoms with Crippen LogP contribution in [0.25, 0.3) is 0 Å². The second-order valence-corrected chi connectivity index (χ2v) is 7.03. The summed E-state index contributed by atoms with van der Waals surface area (Å²) in [6, 6.07) is 8.85. The topological polar surface area (TPSA) is 143 Å². The van der Waals surface area contributed by atoms with Gasteiger partial charge in [-0.25, -0.2) is 19.1 Å². The highest BCUT2D eigenvalue weighted by molar-refractivity contribution is 9.10. The molecular weight excluding hydrogens is 464 g/mol. The molecule has 0 saturated heterocycles. The molecule has 1 aromatic heterocycles. The van der Waals surface area contributed by atoms with Gasteiger partial charge in [-0.2, -0.15) is 0 Å². The van der Waals surface area contributed by atoms with Crippen LogP contribution in [0.4, 0.5) is 5.82 Å². The van der Waals surface area contributed by atoms with Gasteiger partial charge in [-0.05, 0) is 40.3 Å². The van der Waals surface area contributed by atoms with Gasteiger partial charge in [-0.3, -0.25) is 4.79 Å². The highest BCUT2D eigenvalue weighted by atomic mass is 79.9. The number of carbonyl (C=O) groups is 3. The maximum atomic E-state index is 12.7. The number of carbonyl (C=O) groups excluding carboxylic acids is 3. The van der Waals surface area contributed by atoms with Gasteiger partial charge in [0.05, 0.1) is 13.2 Å². The summed E-state index contributed by atoms with van der Waals surface area (Å²) in [6.07, 6.45) is 1.13. The van der Waals surface area contributed by atoms with E-state index in [-0.39, 0.29) is 19.8 Å². The van der Waals surface area contributed by atoms with Crippen molar-refractivity contribution >= 4 is 39.6 Å². The molecule has 1 aromatic carbocycles. The molecule has 0 aliphatic heterocycles. The predicted molar refractivity (Wildman–Crippen MR) is 107 cm³/mol. The van der Waals surface area contributed by atoms with E-state index < -0.39 is 38.7 Å². The summed E-state index contributed by atoms with van der Waals surface area (Å²) in [5.41, 5.74) is 0.172. The first-order valence-corrected chi connectivity index (χ1v) is 9.63. The first-order valence-electron chi connectivity index (χ1n) is 8.83. The SMILES string of the molecule is CCOC(=O)C(Br)(NC(=O)c1ncn(Cc2ccccc2)c1[N+](=O)[O-])C(=O)OCC. The molecule has 1 N–H and O–H groups in total. The molecule has 2 aromatic rings. The number of amides is 1. The average Bonchev–Trinajstić information content (AvgIpc) is 3.13. The van der Waals surface area contributed by atoms with Crippen LogP contribution >= 0.6 is 15.9 Å². The van der Waals surface area contributed by atoms with E-state index in [4.69, 9.17) is 9.47 Å². The van der Waals surface area contributed by atoms with E-state index in [2.05, 4.69) is 26.2 Å². The van der Waals surface area contributed by atoms with E-state index in [1.54, 1.807) is 30.3 Å². The zero-order valence-corrected chi connectivity index (χ0v) is 17.7. The van der Waals surface area contributed by atoms with Gasteiger partial charge < -0.3 is 24.9 Å². The lowest BCUT2D eigenvalue weighted by Gasteiger charge is -2.23. The monoisotopic (exact) mass is 482 g/mol. The molecule has 12 heteroatoms. The largest absolute Gasteiger partial charge is 0.463 e. The Morgan fingerprint density at radius 2 is 1.73 bits per heavy atom. The van der Waals surface area contributed by atoms with Crippen molar-refractivity contribution in [3.63, 3.8) is 0 Å². The third-order valence-electron chi connectivity index (χ3n) is 3.79. The maximum Gasteiger partial charge on any atom is 0.356 e. The molecule has 0 radical (unpaired) electrons. The lowest BCUT2D eigenvalue weighted by molar-refractivity contribution is -0.392. The van der Waals surface area contributed by atoms with Crippen LogP contribution in [0.1, 0.15) is 29.9 Å². The van der Waals surface area contributed by atoms with Gasteiger partial charge in [0.2, 0.25) is 5.69 Å². The van der Waals surface area contributed by atoms with Crippen molar-refractivity contribution in [1.82, 2.24) is 14.9 Å². The van der Waals surface area contributed by atoms with Gasteiger partial charge in [-0.15, -0.1) is 0 Å². The number of halogens is 1. The number of esters is 2. The predicted octanol–water partition coefficient (Wildman–Crippen LogP) is 1.79. The van der Waals surface area contributed by atoms with Crippen molar-refractivity contribution in [3.8, 4) is 0 Å². The Hall–Kier alpha value is -3.28. The molecule has 1 amide bonds. The summed E-state index contributed by atoms with van der Waals surface area (Å²) in [6.45, 7) is 2.95. The molecule has 11 nitrogen and oxygen atoms in total. The van der Waals surface area contributed by atoms with Crippen molar-refractivity contribution in [2.45, 2.75) is 24.8 Å². The first-order chi connectivity index (χ1) is 14.2. The fourth-order valence-corrected chi connectivity index (χ4v) is 2.89. The van der Waals surface area contributed by atoms with E-state index in [0.29, 0.717) is 0 Å². The molecular formula is C18H19BrN4O7. The Kier molecular flexibility index (Phi) is 7.64. The number of nitro groups is 1. The van der Waals surface area contributed by atoms with E-state index in [1.165, 1.54) is 18.4 Å². The smallest absolute Gasteiger partial charge is 0.356 e. The van der Waals surface area contributed by atoms with Gasteiger partial charge in [-0.1, -0.05) is 30.3 Å². The Morgan fingerprint density at radius 1 is 1.17 bits per heavy atom. The molecule has 160 valence electrons. The van der Waals surface area contributed by atoms with E-state index in [9.17, 15) is 24.5 Å². The summed E-state index contributed by atoms with van der Waals surface area (Å²) in [5, 5.41) is 13.7. The fraction of sp³-hybridized carbons (Fsp3) is 0.333. The van der Waals surface area contributed by atoms with Crippen LogP contribution in [-0.2, 0) is 25.6 Å². The lowest BCUT2D eigenvalue weighted by Crippen LogP contribution is -2.57. The summed E-state index contributed by atoms with van der Waals surface area (Å²) in [4.78, 5) is 51.9. The number of hydrogen-bond acceptors (Lipinski definition) is 8. The zero-order chi connectivity index (χ0) is 22.3. The van der Waals surface area contributed by atoms with Crippen LogP contribution in [-0.4, -0.2) is 50.0 Å². The second-order valence-electron chi connectivity index (χ2n) is 5.84. The summed E-state index contributed by atoms with van der Waals surface area (Å²) < 4.78 is 8.42. The summed E-state index contributed by atoms with van der Waals surface area (Å²) in [7, 11) is 0. The van der Waals surface area contributed by atoms with E-state index >= 15 is 0 Å². The molecule has 0 aliphatic carbocycles. The third kappa shape index (κ3) is 5.00. The molecule has 30 heavy (non-hydrogen) atoms. The minimum atomic E-state index is -2.38. The third-order valence-corrected chi connectivity index (χ3v) is 4.64. The van der Waals surface area contributed by atoms with Gasteiger partial charge in [0.25, 0.3) is 10.4 Å². The average molecular weight is 483 g/mol. The quantitative estimate of drug-likeness (QED) is 0.142. The number of hydrogen-bond donors (Lipinski definition) is 1. The minimum absolute atomic E-state index is 0.0761. The minimum Gasteiger partial charge on any atom is -0.463 e. The Morgan fingerprint density at radius 3 is 2.23 bits per heavy atom. The molecule has 2 rings (SSSR count). The van der Waals surface area contributed by atoms with Crippen molar-refractivity contribution in [2.75, 3.05) is 13.2 Å². The number of imidazole rings is 1. The number of ether oxygens (including phenoxy) is 2. The Bertz CT molecular complexity index is 927.